The number of rotatable bonds is 5. The Morgan fingerprint density at radius 2 is 1.95 bits per heavy atom. The first kappa shape index (κ1) is 15.6. The molecule has 0 amide bonds. The molecule has 0 unspecified atom stereocenters. The highest BCUT2D eigenvalue weighted by Gasteiger charge is 2.12. The molecule has 0 bridgehead atoms. The second-order valence-corrected chi connectivity index (χ2v) is 5.23. The molecule has 1 aliphatic heterocycles. The summed E-state index contributed by atoms with van der Waals surface area (Å²) >= 11 is 0. The van der Waals surface area contributed by atoms with Gasteiger partial charge in [0.1, 0.15) is 12.4 Å². The summed E-state index contributed by atoms with van der Waals surface area (Å²) in [6.07, 6.45) is 0. The number of morpholine rings is 1. The Morgan fingerprint density at radius 1 is 1.33 bits per heavy atom. The third-order valence-corrected chi connectivity index (χ3v) is 3.62. The van der Waals surface area contributed by atoms with Gasteiger partial charge in [-0.2, -0.15) is 0 Å². The fourth-order valence-electron chi connectivity index (χ4n) is 2.49. The molecule has 116 valence electrons. The van der Waals surface area contributed by atoms with Gasteiger partial charge in [0.25, 0.3) is 0 Å². The minimum Gasteiger partial charge on any atom is -0.492 e. The van der Waals surface area contributed by atoms with Crippen molar-refractivity contribution in [3.05, 3.63) is 28.8 Å². The number of hydrogen-bond acceptors (Lipinski definition) is 5. The van der Waals surface area contributed by atoms with Crippen molar-refractivity contribution in [1.29, 1.82) is 0 Å². The predicted octanol–water partition coefficient (Wildman–Crippen LogP) is 1.11. The summed E-state index contributed by atoms with van der Waals surface area (Å²) in [5.74, 6) is 0.985. The van der Waals surface area contributed by atoms with Crippen LogP contribution in [0.5, 0.6) is 5.75 Å². The van der Waals surface area contributed by atoms with E-state index in [9.17, 15) is 0 Å². The molecule has 1 heterocycles. The van der Waals surface area contributed by atoms with E-state index in [1.54, 1.807) is 0 Å². The summed E-state index contributed by atoms with van der Waals surface area (Å²) in [5.41, 5.74) is 8.29. The summed E-state index contributed by atoms with van der Waals surface area (Å²) in [4.78, 5) is 2.33. The molecule has 1 aromatic carbocycles. The van der Waals surface area contributed by atoms with Crippen LogP contribution >= 0.6 is 0 Å². The van der Waals surface area contributed by atoms with Crippen LogP contribution in [0.3, 0.4) is 0 Å². The maximum atomic E-state index is 8.74. The van der Waals surface area contributed by atoms with Crippen LogP contribution < -0.4 is 10.5 Å². The molecule has 3 N–H and O–H groups in total. The largest absolute Gasteiger partial charge is 0.492 e. The van der Waals surface area contributed by atoms with Crippen molar-refractivity contribution in [1.82, 2.24) is 4.90 Å². The number of ether oxygens (including phenoxy) is 2. The molecule has 6 nitrogen and oxygen atoms in total. The van der Waals surface area contributed by atoms with Crippen LogP contribution in [-0.2, 0) is 4.74 Å². The van der Waals surface area contributed by atoms with Crippen LogP contribution in [0.2, 0.25) is 0 Å². The monoisotopic (exact) mass is 293 g/mol. The predicted molar refractivity (Wildman–Crippen MR) is 81.2 cm³/mol. The molecule has 0 spiro atoms. The smallest absolute Gasteiger partial charge is 0.170 e. The van der Waals surface area contributed by atoms with Crippen LogP contribution in [0.4, 0.5) is 0 Å². The number of oxime groups is 1. The first-order valence-electron chi connectivity index (χ1n) is 7.14. The zero-order valence-corrected chi connectivity index (χ0v) is 12.6. The Kier molecular flexibility index (Phi) is 5.41. The van der Waals surface area contributed by atoms with Crippen molar-refractivity contribution in [2.45, 2.75) is 13.8 Å². The summed E-state index contributed by atoms with van der Waals surface area (Å²) in [7, 11) is 0. The number of nitrogens with two attached hydrogens (primary N) is 1. The van der Waals surface area contributed by atoms with Gasteiger partial charge < -0.3 is 20.4 Å². The summed E-state index contributed by atoms with van der Waals surface area (Å²) < 4.78 is 11.2. The first-order chi connectivity index (χ1) is 10.1. The summed E-state index contributed by atoms with van der Waals surface area (Å²) in [6.45, 7) is 8.98. The topological polar surface area (TPSA) is 80.3 Å². The van der Waals surface area contributed by atoms with Gasteiger partial charge in [0.2, 0.25) is 0 Å². The molecular formula is C15H23N3O3. The Bertz CT molecular complexity index is 488. The average molecular weight is 293 g/mol. The molecule has 0 aromatic heterocycles. The standard InChI is InChI=1S/C15H23N3O3/c1-11-9-13(15(16)17-19)10-12(2)14(11)21-8-5-18-3-6-20-7-4-18/h9-10,19H,3-8H2,1-2H3,(H2,16,17). The highest BCUT2D eigenvalue weighted by Crippen LogP contribution is 2.24. The van der Waals surface area contributed by atoms with E-state index in [1.807, 2.05) is 26.0 Å². The second-order valence-electron chi connectivity index (χ2n) is 5.23. The van der Waals surface area contributed by atoms with Gasteiger partial charge in [-0.05, 0) is 37.1 Å². The molecule has 0 atom stereocenters. The van der Waals surface area contributed by atoms with E-state index in [2.05, 4.69) is 10.1 Å². The van der Waals surface area contributed by atoms with Gasteiger partial charge in [-0.3, -0.25) is 4.90 Å². The average Bonchev–Trinajstić information content (AvgIpc) is 2.50. The Labute approximate surface area is 125 Å². The summed E-state index contributed by atoms with van der Waals surface area (Å²) in [5, 5.41) is 11.8. The van der Waals surface area contributed by atoms with Crippen molar-refractivity contribution in [3.8, 4) is 5.75 Å². The van der Waals surface area contributed by atoms with Crippen LogP contribution in [-0.4, -0.2) is 55.4 Å². The van der Waals surface area contributed by atoms with E-state index in [1.165, 1.54) is 0 Å². The van der Waals surface area contributed by atoms with E-state index < -0.39 is 0 Å². The third-order valence-electron chi connectivity index (χ3n) is 3.62. The normalized spacial score (nSPS) is 17.0. The Balaban J connectivity index is 1.96. The highest BCUT2D eigenvalue weighted by atomic mass is 16.5. The molecule has 6 heteroatoms. The maximum Gasteiger partial charge on any atom is 0.170 e. The van der Waals surface area contributed by atoms with E-state index in [-0.39, 0.29) is 5.84 Å². The van der Waals surface area contributed by atoms with E-state index in [0.717, 1.165) is 49.7 Å². The fourth-order valence-corrected chi connectivity index (χ4v) is 2.49. The minimum atomic E-state index is 0.112. The Hall–Kier alpha value is -1.79. The van der Waals surface area contributed by atoms with Gasteiger partial charge in [0.15, 0.2) is 5.84 Å². The lowest BCUT2D eigenvalue weighted by Crippen LogP contribution is -2.38. The maximum absolute atomic E-state index is 8.74. The quantitative estimate of drug-likeness (QED) is 0.368. The lowest BCUT2D eigenvalue weighted by molar-refractivity contribution is 0.0322. The molecule has 2 rings (SSSR count). The number of benzene rings is 1. The summed E-state index contributed by atoms with van der Waals surface area (Å²) in [6, 6.07) is 3.73. The minimum absolute atomic E-state index is 0.112. The van der Waals surface area contributed by atoms with Gasteiger partial charge in [-0.25, -0.2) is 0 Å². The molecule has 0 saturated carbocycles. The number of hydrogen-bond donors (Lipinski definition) is 2. The van der Waals surface area contributed by atoms with Crippen LogP contribution in [0.15, 0.2) is 17.3 Å². The lowest BCUT2D eigenvalue weighted by Gasteiger charge is -2.26. The van der Waals surface area contributed by atoms with E-state index in [0.29, 0.717) is 12.2 Å². The van der Waals surface area contributed by atoms with E-state index in [4.69, 9.17) is 20.4 Å². The van der Waals surface area contributed by atoms with Crippen molar-refractivity contribution in [3.63, 3.8) is 0 Å². The molecule has 1 aromatic rings. The third kappa shape index (κ3) is 4.09. The molecule has 1 saturated heterocycles. The van der Waals surface area contributed by atoms with Crippen LogP contribution in [0, 0.1) is 13.8 Å². The zero-order chi connectivity index (χ0) is 15.2. The second kappa shape index (κ2) is 7.28. The molecule has 0 aliphatic carbocycles. The van der Waals surface area contributed by atoms with Gasteiger partial charge in [-0.15, -0.1) is 0 Å². The number of nitrogens with zero attached hydrogens (tertiary/aromatic N) is 2. The molecular weight excluding hydrogens is 270 g/mol. The van der Waals surface area contributed by atoms with E-state index >= 15 is 0 Å². The van der Waals surface area contributed by atoms with Crippen LogP contribution in [0.1, 0.15) is 16.7 Å². The SMILES string of the molecule is Cc1cc(C(N)=NO)cc(C)c1OCCN1CCOCC1. The van der Waals surface area contributed by atoms with Crippen molar-refractivity contribution >= 4 is 5.84 Å². The van der Waals surface area contributed by atoms with Gasteiger partial charge >= 0.3 is 0 Å². The molecule has 0 radical (unpaired) electrons. The highest BCUT2D eigenvalue weighted by molar-refractivity contribution is 5.97. The fraction of sp³-hybridized carbons (Fsp3) is 0.533. The lowest BCUT2D eigenvalue weighted by atomic mass is 10.1. The first-order valence-corrected chi connectivity index (χ1v) is 7.14. The van der Waals surface area contributed by atoms with Gasteiger partial charge in [0, 0.05) is 25.2 Å². The van der Waals surface area contributed by atoms with Crippen molar-refractivity contribution in [2.24, 2.45) is 10.9 Å². The van der Waals surface area contributed by atoms with Crippen molar-refractivity contribution in [2.75, 3.05) is 39.5 Å². The van der Waals surface area contributed by atoms with Gasteiger partial charge in [-0.1, -0.05) is 5.16 Å². The molecule has 21 heavy (non-hydrogen) atoms. The van der Waals surface area contributed by atoms with Crippen molar-refractivity contribution < 1.29 is 14.7 Å². The molecule has 1 fully saturated rings. The number of aryl methyl sites for hydroxylation is 2. The Morgan fingerprint density at radius 3 is 2.52 bits per heavy atom. The van der Waals surface area contributed by atoms with Gasteiger partial charge in [0.05, 0.1) is 13.2 Å². The van der Waals surface area contributed by atoms with Crippen LogP contribution in [0.25, 0.3) is 0 Å². The zero-order valence-electron chi connectivity index (χ0n) is 12.6. The molecule has 1 aliphatic rings. The number of amidine groups is 1.